The summed E-state index contributed by atoms with van der Waals surface area (Å²) in [5, 5.41) is 0. The third kappa shape index (κ3) is 3.60. The van der Waals surface area contributed by atoms with Crippen LogP contribution in [0.2, 0.25) is 0 Å². The van der Waals surface area contributed by atoms with Gasteiger partial charge in [-0.15, -0.1) is 11.6 Å². The van der Waals surface area contributed by atoms with Gasteiger partial charge in [0.05, 0.1) is 0 Å². The van der Waals surface area contributed by atoms with Gasteiger partial charge < -0.3 is 4.90 Å². The molecule has 14 heavy (non-hydrogen) atoms. The summed E-state index contributed by atoms with van der Waals surface area (Å²) in [6.45, 7) is 1.20. The summed E-state index contributed by atoms with van der Waals surface area (Å²) in [6, 6.07) is 3.52. The molecule has 0 aromatic heterocycles. The van der Waals surface area contributed by atoms with Crippen molar-refractivity contribution < 1.29 is 8.78 Å². The summed E-state index contributed by atoms with van der Waals surface area (Å²) < 4.78 is 25.6. The lowest BCUT2D eigenvalue weighted by molar-refractivity contribution is 0.346. The van der Waals surface area contributed by atoms with E-state index < -0.39 is 11.6 Å². The molecule has 0 aliphatic heterocycles. The van der Waals surface area contributed by atoms with Gasteiger partial charge in [-0.05, 0) is 24.7 Å². The Bertz CT molecular complexity index is 284. The molecule has 0 N–H and O–H groups in total. The Morgan fingerprint density at radius 1 is 1.21 bits per heavy atom. The first-order valence-electron chi connectivity index (χ1n) is 4.31. The van der Waals surface area contributed by atoms with Crippen molar-refractivity contribution in [1.82, 2.24) is 4.90 Å². The highest BCUT2D eigenvalue weighted by atomic mass is 35.5. The molecule has 0 aliphatic carbocycles. The van der Waals surface area contributed by atoms with E-state index in [9.17, 15) is 8.78 Å². The van der Waals surface area contributed by atoms with Crippen molar-refractivity contribution in [2.45, 2.75) is 6.54 Å². The molecule has 1 aromatic rings. The summed E-state index contributed by atoms with van der Waals surface area (Å²) in [5.41, 5.74) is 0.620. The van der Waals surface area contributed by atoms with Crippen LogP contribution in [0.5, 0.6) is 0 Å². The summed E-state index contributed by atoms with van der Waals surface area (Å²) in [4.78, 5) is 1.90. The molecule has 4 heteroatoms. The quantitative estimate of drug-likeness (QED) is 0.704. The van der Waals surface area contributed by atoms with Crippen LogP contribution in [0.4, 0.5) is 8.78 Å². The first-order chi connectivity index (χ1) is 6.61. The second-order valence-electron chi connectivity index (χ2n) is 3.20. The summed E-state index contributed by atoms with van der Waals surface area (Å²) in [7, 11) is 1.85. The van der Waals surface area contributed by atoms with Crippen molar-refractivity contribution in [3.8, 4) is 0 Å². The molecule has 0 atom stereocenters. The molecule has 0 saturated heterocycles. The Morgan fingerprint density at radius 2 is 1.79 bits per heavy atom. The second kappa shape index (κ2) is 5.27. The summed E-state index contributed by atoms with van der Waals surface area (Å²) in [5.74, 6) is -0.576. The highest BCUT2D eigenvalue weighted by Gasteiger charge is 2.03. The maximum Gasteiger partial charge on any atom is 0.126 e. The lowest BCUT2D eigenvalue weighted by Crippen LogP contribution is -2.20. The van der Waals surface area contributed by atoms with Crippen LogP contribution in [0.25, 0.3) is 0 Å². The van der Waals surface area contributed by atoms with E-state index >= 15 is 0 Å². The molecule has 0 bridgehead atoms. The van der Waals surface area contributed by atoms with Crippen molar-refractivity contribution in [2.24, 2.45) is 0 Å². The Morgan fingerprint density at radius 3 is 2.29 bits per heavy atom. The van der Waals surface area contributed by atoms with Crippen LogP contribution in [0, 0.1) is 11.6 Å². The molecule has 78 valence electrons. The minimum Gasteiger partial charge on any atom is -0.301 e. The molecular formula is C10H12ClF2N. The zero-order chi connectivity index (χ0) is 10.6. The molecule has 1 nitrogen and oxygen atoms in total. The van der Waals surface area contributed by atoms with Crippen LogP contribution in [-0.4, -0.2) is 24.4 Å². The lowest BCUT2D eigenvalue weighted by Gasteiger charge is -2.14. The van der Waals surface area contributed by atoms with E-state index in [0.29, 0.717) is 24.5 Å². The van der Waals surface area contributed by atoms with E-state index in [0.717, 1.165) is 6.07 Å². The van der Waals surface area contributed by atoms with Crippen LogP contribution >= 0.6 is 11.6 Å². The van der Waals surface area contributed by atoms with Gasteiger partial charge in [0.1, 0.15) is 11.6 Å². The number of rotatable bonds is 4. The monoisotopic (exact) mass is 219 g/mol. The molecule has 1 aromatic carbocycles. The molecule has 0 fully saturated rings. The number of hydrogen-bond donors (Lipinski definition) is 0. The van der Waals surface area contributed by atoms with Gasteiger partial charge in [-0.3, -0.25) is 0 Å². The SMILES string of the molecule is CN(CCCl)Cc1cc(F)cc(F)c1. The number of hydrogen-bond acceptors (Lipinski definition) is 1. The minimum absolute atomic E-state index is 0.501. The Labute approximate surface area is 87.3 Å². The fourth-order valence-corrected chi connectivity index (χ4v) is 1.53. The average Bonchev–Trinajstić information content (AvgIpc) is 2.01. The normalized spacial score (nSPS) is 10.9. The van der Waals surface area contributed by atoms with E-state index in [1.54, 1.807) is 0 Å². The zero-order valence-electron chi connectivity index (χ0n) is 7.93. The first-order valence-corrected chi connectivity index (χ1v) is 4.85. The van der Waals surface area contributed by atoms with E-state index in [2.05, 4.69) is 0 Å². The summed E-state index contributed by atoms with van der Waals surface area (Å²) in [6.07, 6.45) is 0. The smallest absolute Gasteiger partial charge is 0.126 e. The fourth-order valence-electron chi connectivity index (χ4n) is 1.24. The van der Waals surface area contributed by atoms with Crippen LogP contribution in [-0.2, 0) is 6.54 Å². The molecule has 0 saturated carbocycles. The number of halogens is 3. The Balaban J connectivity index is 2.66. The van der Waals surface area contributed by atoms with Gasteiger partial charge in [-0.1, -0.05) is 0 Å². The maximum absolute atomic E-state index is 12.8. The topological polar surface area (TPSA) is 3.24 Å². The number of alkyl halides is 1. The third-order valence-corrected chi connectivity index (χ3v) is 2.01. The van der Waals surface area contributed by atoms with Crippen LogP contribution in [0.3, 0.4) is 0 Å². The Kier molecular flexibility index (Phi) is 4.29. The van der Waals surface area contributed by atoms with Gasteiger partial charge in [0.25, 0.3) is 0 Å². The van der Waals surface area contributed by atoms with Gasteiger partial charge in [-0.25, -0.2) is 8.78 Å². The maximum atomic E-state index is 12.8. The van der Waals surface area contributed by atoms with Crippen molar-refractivity contribution in [3.05, 3.63) is 35.4 Å². The van der Waals surface area contributed by atoms with Crippen LogP contribution in [0.1, 0.15) is 5.56 Å². The van der Waals surface area contributed by atoms with Crippen LogP contribution in [0.15, 0.2) is 18.2 Å². The van der Waals surface area contributed by atoms with Crippen molar-refractivity contribution >= 4 is 11.6 Å². The van der Waals surface area contributed by atoms with Gasteiger partial charge in [0.2, 0.25) is 0 Å². The molecule has 0 radical (unpaired) electrons. The molecule has 1 rings (SSSR count). The number of nitrogens with zero attached hydrogens (tertiary/aromatic N) is 1. The van der Waals surface area contributed by atoms with Gasteiger partial charge in [0, 0.05) is 25.0 Å². The van der Waals surface area contributed by atoms with Crippen LogP contribution < -0.4 is 0 Å². The minimum atomic E-state index is -0.542. The van der Waals surface area contributed by atoms with Gasteiger partial charge in [0.15, 0.2) is 0 Å². The first kappa shape index (κ1) is 11.4. The van der Waals surface area contributed by atoms with E-state index in [-0.39, 0.29) is 0 Å². The van der Waals surface area contributed by atoms with E-state index in [1.165, 1.54) is 12.1 Å². The standard InChI is InChI=1S/C10H12ClF2N/c1-14(3-2-11)7-8-4-9(12)6-10(13)5-8/h4-6H,2-3,7H2,1H3. The summed E-state index contributed by atoms with van der Waals surface area (Å²) >= 11 is 5.54. The second-order valence-corrected chi connectivity index (χ2v) is 3.58. The Hall–Kier alpha value is -0.670. The fraction of sp³-hybridized carbons (Fsp3) is 0.400. The predicted molar refractivity (Wildman–Crippen MR) is 53.4 cm³/mol. The number of benzene rings is 1. The van der Waals surface area contributed by atoms with E-state index in [4.69, 9.17) is 11.6 Å². The van der Waals surface area contributed by atoms with E-state index in [1.807, 2.05) is 11.9 Å². The molecular weight excluding hydrogens is 208 g/mol. The molecule has 0 amide bonds. The highest BCUT2D eigenvalue weighted by molar-refractivity contribution is 6.18. The average molecular weight is 220 g/mol. The molecule has 0 spiro atoms. The molecule has 0 heterocycles. The predicted octanol–water partition coefficient (Wildman–Crippen LogP) is 2.64. The third-order valence-electron chi connectivity index (χ3n) is 1.84. The van der Waals surface area contributed by atoms with Crippen molar-refractivity contribution in [1.29, 1.82) is 0 Å². The molecule has 0 aliphatic rings. The lowest BCUT2D eigenvalue weighted by atomic mass is 10.2. The molecule has 0 unspecified atom stereocenters. The van der Waals surface area contributed by atoms with Crippen molar-refractivity contribution in [3.63, 3.8) is 0 Å². The van der Waals surface area contributed by atoms with Gasteiger partial charge >= 0.3 is 0 Å². The van der Waals surface area contributed by atoms with Crippen molar-refractivity contribution in [2.75, 3.05) is 19.5 Å². The highest BCUT2D eigenvalue weighted by Crippen LogP contribution is 2.09. The zero-order valence-corrected chi connectivity index (χ0v) is 8.69. The van der Waals surface area contributed by atoms with Gasteiger partial charge in [-0.2, -0.15) is 0 Å². The largest absolute Gasteiger partial charge is 0.301 e.